The monoisotopic (exact) mass is 343 g/mol. The van der Waals surface area contributed by atoms with Gasteiger partial charge in [-0.25, -0.2) is 0 Å². The molecule has 6 heteroatoms. The molecule has 0 bridgehead atoms. The molecule has 2 rings (SSSR count). The van der Waals surface area contributed by atoms with Crippen LogP contribution in [0.2, 0.25) is 0 Å². The SMILES string of the molecule is COCC(CCBr)NC(=O)C1COc2ccccc2O1. The molecule has 1 amide bonds. The topological polar surface area (TPSA) is 56.8 Å². The van der Waals surface area contributed by atoms with E-state index in [2.05, 4.69) is 21.2 Å². The maximum Gasteiger partial charge on any atom is 0.264 e. The molecule has 2 atom stereocenters. The highest BCUT2D eigenvalue weighted by molar-refractivity contribution is 9.09. The third-order valence-corrected chi connectivity index (χ3v) is 3.43. The van der Waals surface area contributed by atoms with Crippen LogP contribution < -0.4 is 14.8 Å². The fraction of sp³-hybridized carbons (Fsp3) is 0.500. The Balaban J connectivity index is 1.93. The van der Waals surface area contributed by atoms with Crippen LogP contribution in [-0.2, 0) is 9.53 Å². The molecule has 2 unspecified atom stereocenters. The lowest BCUT2D eigenvalue weighted by atomic mass is 10.2. The second kappa shape index (κ2) is 7.50. The van der Waals surface area contributed by atoms with Gasteiger partial charge in [0.05, 0.1) is 12.6 Å². The number of hydrogen-bond acceptors (Lipinski definition) is 4. The summed E-state index contributed by atoms with van der Waals surface area (Å²) in [5.41, 5.74) is 0. The minimum absolute atomic E-state index is 0.0346. The molecule has 0 aliphatic carbocycles. The third-order valence-electron chi connectivity index (χ3n) is 2.97. The van der Waals surface area contributed by atoms with E-state index in [1.165, 1.54) is 0 Å². The Morgan fingerprint density at radius 1 is 1.50 bits per heavy atom. The Labute approximate surface area is 126 Å². The fourth-order valence-electron chi connectivity index (χ4n) is 1.97. The van der Waals surface area contributed by atoms with Gasteiger partial charge in [0.1, 0.15) is 6.61 Å². The summed E-state index contributed by atoms with van der Waals surface area (Å²) in [5, 5.41) is 3.72. The molecule has 20 heavy (non-hydrogen) atoms. The van der Waals surface area contributed by atoms with Gasteiger partial charge in [0.25, 0.3) is 5.91 Å². The fourth-order valence-corrected chi connectivity index (χ4v) is 2.53. The predicted octanol–water partition coefficient (Wildman–Crippen LogP) is 1.74. The molecule has 110 valence electrons. The Morgan fingerprint density at radius 2 is 2.25 bits per heavy atom. The number of carbonyl (C=O) groups is 1. The molecule has 1 aliphatic heterocycles. The van der Waals surface area contributed by atoms with Gasteiger partial charge in [-0.15, -0.1) is 0 Å². The maximum atomic E-state index is 12.2. The number of halogens is 1. The minimum atomic E-state index is -0.625. The van der Waals surface area contributed by atoms with Crippen LogP contribution in [0.5, 0.6) is 11.5 Å². The van der Waals surface area contributed by atoms with Crippen molar-refractivity contribution < 1.29 is 19.0 Å². The number of methoxy groups -OCH3 is 1. The molecular formula is C14H18BrNO4. The smallest absolute Gasteiger partial charge is 0.264 e. The van der Waals surface area contributed by atoms with E-state index in [0.29, 0.717) is 18.1 Å². The number of rotatable bonds is 6. The first-order valence-electron chi connectivity index (χ1n) is 6.48. The number of alkyl halides is 1. The molecule has 0 saturated carbocycles. The highest BCUT2D eigenvalue weighted by Crippen LogP contribution is 2.30. The standard InChI is InChI=1S/C14H18BrNO4/c1-18-8-10(6-7-15)16-14(17)13-9-19-11-4-2-3-5-12(11)20-13/h2-5,10,13H,6-9H2,1H3,(H,16,17). The highest BCUT2D eigenvalue weighted by Gasteiger charge is 2.28. The summed E-state index contributed by atoms with van der Waals surface area (Å²) in [6, 6.07) is 7.29. The Hall–Kier alpha value is -1.27. The summed E-state index contributed by atoms with van der Waals surface area (Å²) >= 11 is 3.36. The molecule has 0 radical (unpaired) electrons. The van der Waals surface area contributed by atoms with Crippen LogP contribution in [0, 0.1) is 0 Å². The van der Waals surface area contributed by atoms with E-state index in [9.17, 15) is 4.79 Å². The van der Waals surface area contributed by atoms with Gasteiger partial charge >= 0.3 is 0 Å². The lowest BCUT2D eigenvalue weighted by Gasteiger charge is -2.27. The molecule has 1 aromatic carbocycles. The molecular weight excluding hydrogens is 326 g/mol. The van der Waals surface area contributed by atoms with E-state index in [1.807, 2.05) is 18.2 Å². The molecule has 0 aromatic heterocycles. The van der Waals surface area contributed by atoms with Crippen LogP contribution in [0.3, 0.4) is 0 Å². The first-order valence-corrected chi connectivity index (χ1v) is 7.60. The first kappa shape index (κ1) is 15.1. The van der Waals surface area contributed by atoms with Crippen LogP contribution in [0.15, 0.2) is 24.3 Å². The van der Waals surface area contributed by atoms with Crippen LogP contribution in [-0.4, -0.2) is 43.7 Å². The first-order chi connectivity index (χ1) is 9.74. The Kier molecular flexibility index (Phi) is 5.67. The van der Waals surface area contributed by atoms with Gasteiger partial charge in [-0.1, -0.05) is 28.1 Å². The van der Waals surface area contributed by atoms with E-state index in [-0.39, 0.29) is 18.6 Å². The van der Waals surface area contributed by atoms with E-state index in [0.717, 1.165) is 11.8 Å². The zero-order valence-electron chi connectivity index (χ0n) is 11.3. The van der Waals surface area contributed by atoms with Gasteiger partial charge in [-0.3, -0.25) is 4.79 Å². The van der Waals surface area contributed by atoms with Crippen molar-refractivity contribution in [1.82, 2.24) is 5.32 Å². The van der Waals surface area contributed by atoms with Crippen molar-refractivity contribution in [2.45, 2.75) is 18.6 Å². The van der Waals surface area contributed by atoms with Crippen LogP contribution in [0.1, 0.15) is 6.42 Å². The van der Waals surface area contributed by atoms with Crippen molar-refractivity contribution in [3.63, 3.8) is 0 Å². The van der Waals surface area contributed by atoms with Crippen molar-refractivity contribution >= 4 is 21.8 Å². The largest absolute Gasteiger partial charge is 0.485 e. The third kappa shape index (κ3) is 3.86. The Morgan fingerprint density at radius 3 is 2.95 bits per heavy atom. The molecule has 0 spiro atoms. The lowest BCUT2D eigenvalue weighted by molar-refractivity contribution is -0.131. The number of carbonyl (C=O) groups excluding carboxylic acids is 1. The van der Waals surface area contributed by atoms with Gasteiger partial charge in [0, 0.05) is 12.4 Å². The van der Waals surface area contributed by atoms with Gasteiger partial charge in [0.2, 0.25) is 6.10 Å². The van der Waals surface area contributed by atoms with Crippen LogP contribution >= 0.6 is 15.9 Å². The lowest BCUT2D eigenvalue weighted by Crippen LogP contribution is -2.49. The van der Waals surface area contributed by atoms with Crippen molar-refractivity contribution in [2.75, 3.05) is 25.7 Å². The van der Waals surface area contributed by atoms with E-state index >= 15 is 0 Å². The number of fused-ring (bicyclic) bond motifs is 1. The molecule has 1 aliphatic rings. The van der Waals surface area contributed by atoms with E-state index < -0.39 is 6.10 Å². The van der Waals surface area contributed by atoms with Crippen molar-refractivity contribution in [1.29, 1.82) is 0 Å². The summed E-state index contributed by atoms with van der Waals surface area (Å²) in [4.78, 5) is 12.2. The summed E-state index contributed by atoms with van der Waals surface area (Å²) in [6.45, 7) is 0.693. The second-order valence-corrected chi connectivity index (χ2v) is 5.30. The average Bonchev–Trinajstić information content (AvgIpc) is 2.47. The van der Waals surface area contributed by atoms with E-state index in [4.69, 9.17) is 14.2 Å². The normalized spacial score (nSPS) is 18.4. The van der Waals surface area contributed by atoms with Crippen LogP contribution in [0.25, 0.3) is 0 Å². The van der Waals surface area contributed by atoms with Crippen LogP contribution in [0.4, 0.5) is 0 Å². The molecule has 1 N–H and O–H groups in total. The molecule has 1 aromatic rings. The maximum absolute atomic E-state index is 12.2. The van der Waals surface area contributed by atoms with Gasteiger partial charge in [-0.2, -0.15) is 0 Å². The summed E-state index contributed by atoms with van der Waals surface area (Å²) in [6.07, 6.45) is 0.170. The summed E-state index contributed by atoms with van der Waals surface area (Å²) in [7, 11) is 1.61. The van der Waals surface area contributed by atoms with E-state index in [1.54, 1.807) is 13.2 Å². The van der Waals surface area contributed by atoms with Gasteiger partial charge in [-0.05, 0) is 18.6 Å². The number of para-hydroxylation sites is 2. The number of nitrogens with one attached hydrogen (secondary N) is 1. The number of ether oxygens (including phenoxy) is 3. The molecule has 0 saturated heterocycles. The summed E-state index contributed by atoms with van der Waals surface area (Å²) < 4.78 is 16.3. The zero-order chi connectivity index (χ0) is 14.4. The minimum Gasteiger partial charge on any atom is -0.485 e. The van der Waals surface area contributed by atoms with Crippen molar-refractivity contribution in [3.8, 4) is 11.5 Å². The molecule has 0 fully saturated rings. The zero-order valence-corrected chi connectivity index (χ0v) is 12.9. The van der Waals surface area contributed by atoms with Gasteiger partial charge in [0.15, 0.2) is 11.5 Å². The summed E-state index contributed by atoms with van der Waals surface area (Å²) in [5.74, 6) is 1.09. The predicted molar refractivity (Wildman–Crippen MR) is 78.6 cm³/mol. The second-order valence-electron chi connectivity index (χ2n) is 4.50. The number of amides is 1. The quantitative estimate of drug-likeness (QED) is 0.799. The molecule has 1 heterocycles. The van der Waals surface area contributed by atoms with Gasteiger partial charge < -0.3 is 19.5 Å². The van der Waals surface area contributed by atoms with Crippen molar-refractivity contribution in [2.24, 2.45) is 0 Å². The number of hydrogen-bond donors (Lipinski definition) is 1. The number of benzene rings is 1. The molecule has 5 nitrogen and oxygen atoms in total. The van der Waals surface area contributed by atoms with Crippen molar-refractivity contribution in [3.05, 3.63) is 24.3 Å². The Bertz CT molecular complexity index is 449. The highest BCUT2D eigenvalue weighted by atomic mass is 79.9. The average molecular weight is 344 g/mol.